The topological polar surface area (TPSA) is 74.8 Å². The minimum absolute atomic E-state index is 0.0788. The fourth-order valence-corrected chi connectivity index (χ4v) is 2.02. The number of H-pyrrole nitrogens is 1. The van der Waals surface area contributed by atoms with E-state index in [2.05, 4.69) is 15.3 Å². The van der Waals surface area contributed by atoms with Crippen molar-refractivity contribution in [2.75, 3.05) is 5.32 Å². The van der Waals surface area contributed by atoms with Gasteiger partial charge in [-0.15, -0.1) is 0 Å². The maximum Gasteiger partial charge on any atom is 0.261 e. The van der Waals surface area contributed by atoms with Gasteiger partial charge in [0.05, 0.1) is 5.52 Å². The van der Waals surface area contributed by atoms with Crippen molar-refractivity contribution >= 4 is 22.5 Å². The van der Waals surface area contributed by atoms with E-state index in [4.69, 9.17) is 0 Å². The Kier molecular flexibility index (Phi) is 3.19. The van der Waals surface area contributed by atoms with Crippen molar-refractivity contribution in [2.24, 2.45) is 0 Å². The van der Waals surface area contributed by atoms with E-state index in [9.17, 15) is 14.0 Å². The zero-order valence-corrected chi connectivity index (χ0v) is 10.8. The molecule has 2 heterocycles. The number of aromatic amines is 1. The summed E-state index contributed by atoms with van der Waals surface area (Å²) < 4.78 is 13.6. The second-order valence-corrected chi connectivity index (χ2v) is 4.38. The van der Waals surface area contributed by atoms with E-state index in [-0.39, 0.29) is 16.5 Å². The number of benzene rings is 1. The predicted molar refractivity (Wildman–Crippen MR) is 76.7 cm³/mol. The number of fused-ring (bicyclic) bond motifs is 1. The zero-order valence-electron chi connectivity index (χ0n) is 10.8. The van der Waals surface area contributed by atoms with E-state index < -0.39 is 17.2 Å². The standard InChI is InChI=1S/C15H10FN3O2/c16-12-3-1-2-10-13(12)18-8-11(14(10)20)15(21)19-9-4-6-17-7-5-9/h1-8H,(H,18,20)(H,17,19,21). The molecule has 0 fully saturated rings. The molecule has 0 spiro atoms. The summed E-state index contributed by atoms with van der Waals surface area (Å²) in [5, 5.41) is 2.72. The molecule has 0 aliphatic carbocycles. The lowest BCUT2D eigenvalue weighted by atomic mass is 10.1. The largest absolute Gasteiger partial charge is 0.358 e. The number of hydrogen-bond donors (Lipinski definition) is 2. The molecule has 0 radical (unpaired) electrons. The molecule has 0 unspecified atom stereocenters. The zero-order chi connectivity index (χ0) is 14.8. The first kappa shape index (κ1) is 13.0. The van der Waals surface area contributed by atoms with Crippen molar-refractivity contribution in [3.05, 3.63) is 70.5 Å². The van der Waals surface area contributed by atoms with Crippen molar-refractivity contribution in [3.63, 3.8) is 0 Å². The molecule has 2 N–H and O–H groups in total. The molecule has 2 aromatic heterocycles. The number of hydrogen-bond acceptors (Lipinski definition) is 3. The first-order valence-electron chi connectivity index (χ1n) is 6.18. The fraction of sp³-hybridized carbons (Fsp3) is 0. The van der Waals surface area contributed by atoms with Crippen molar-refractivity contribution in [2.45, 2.75) is 0 Å². The van der Waals surface area contributed by atoms with Gasteiger partial charge < -0.3 is 10.3 Å². The van der Waals surface area contributed by atoms with Crippen molar-refractivity contribution in [1.29, 1.82) is 0 Å². The number of para-hydroxylation sites is 1. The summed E-state index contributed by atoms with van der Waals surface area (Å²) in [5.41, 5.74) is 0.0106. The summed E-state index contributed by atoms with van der Waals surface area (Å²) >= 11 is 0. The summed E-state index contributed by atoms with van der Waals surface area (Å²) in [6.07, 6.45) is 4.26. The number of amides is 1. The maximum atomic E-state index is 13.6. The third-order valence-electron chi connectivity index (χ3n) is 3.05. The first-order valence-corrected chi connectivity index (χ1v) is 6.18. The Balaban J connectivity index is 2.03. The molecular formula is C15H10FN3O2. The van der Waals surface area contributed by atoms with Crippen LogP contribution in [-0.4, -0.2) is 15.9 Å². The van der Waals surface area contributed by atoms with Crippen molar-refractivity contribution < 1.29 is 9.18 Å². The molecule has 6 heteroatoms. The Labute approximate surface area is 118 Å². The summed E-state index contributed by atoms with van der Waals surface area (Å²) in [6.45, 7) is 0. The molecule has 0 bridgehead atoms. The predicted octanol–water partition coefficient (Wildman–Crippen LogP) is 2.31. The highest BCUT2D eigenvalue weighted by Crippen LogP contribution is 2.13. The molecule has 5 nitrogen and oxygen atoms in total. The molecule has 0 saturated heterocycles. The smallest absolute Gasteiger partial charge is 0.261 e. The second-order valence-electron chi connectivity index (χ2n) is 4.38. The molecule has 0 aliphatic rings. The fourth-order valence-electron chi connectivity index (χ4n) is 2.02. The monoisotopic (exact) mass is 283 g/mol. The van der Waals surface area contributed by atoms with Crippen LogP contribution >= 0.6 is 0 Å². The van der Waals surface area contributed by atoms with Gasteiger partial charge in [-0.1, -0.05) is 6.07 Å². The van der Waals surface area contributed by atoms with E-state index in [0.717, 1.165) is 0 Å². The molecular weight excluding hydrogens is 273 g/mol. The Morgan fingerprint density at radius 3 is 2.71 bits per heavy atom. The normalized spacial score (nSPS) is 10.5. The van der Waals surface area contributed by atoms with E-state index in [0.29, 0.717) is 5.69 Å². The van der Waals surface area contributed by atoms with Gasteiger partial charge in [0.25, 0.3) is 5.91 Å². The maximum absolute atomic E-state index is 13.6. The lowest BCUT2D eigenvalue weighted by Crippen LogP contribution is -2.22. The minimum atomic E-state index is -0.561. The number of nitrogens with zero attached hydrogens (tertiary/aromatic N) is 1. The van der Waals surface area contributed by atoms with Gasteiger partial charge in [-0.05, 0) is 24.3 Å². The Hall–Kier alpha value is -3.02. The van der Waals surface area contributed by atoms with Crippen molar-refractivity contribution in [1.82, 2.24) is 9.97 Å². The summed E-state index contributed by atoms with van der Waals surface area (Å²) in [6, 6.07) is 7.35. The molecule has 21 heavy (non-hydrogen) atoms. The quantitative estimate of drug-likeness (QED) is 0.758. The Bertz CT molecular complexity index is 875. The molecule has 1 amide bonds. The van der Waals surface area contributed by atoms with Crippen LogP contribution in [0.3, 0.4) is 0 Å². The molecule has 3 rings (SSSR count). The van der Waals surface area contributed by atoms with Gasteiger partial charge in [-0.3, -0.25) is 14.6 Å². The number of rotatable bonds is 2. The minimum Gasteiger partial charge on any atom is -0.358 e. The van der Waals surface area contributed by atoms with Gasteiger partial charge in [0.15, 0.2) is 0 Å². The third-order valence-corrected chi connectivity index (χ3v) is 3.05. The van der Waals surface area contributed by atoms with E-state index >= 15 is 0 Å². The number of nitrogens with one attached hydrogen (secondary N) is 2. The Morgan fingerprint density at radius 2 is 1.95 bits per heavy atom. The lowest BCUT2D eigenvalue weighted by Gasteiger charge is -2.05. The van der Waals surface area contributed by atoms with Crippen LogP contribution < -0.4 is 10.7 Å². The first-order chi connectivity index (χ1) is 10.2. The highest BCUT2D eigenvalue weighted by Gasteiger charge is 2.14. The van der Waals surface area contributed by atoms with Crippen LogP contribution in [0.2, 0.25) is 0 Å². The molecule has 3 aromatic rings. The number of carbonyl (C=O) groups is 1. The third kappa shape index (κ3) is 2.38. The number of anilines is 1. The highest BCUT2D eigenvalue weighted by molar-refractivity contribution is 6.05. The SMILES string of the molecule is O=C(Nc1ccncc1)c1c[nH]c2c(F)cccc2c1=O. The number of carbonyl (C=O) groups excluding carboxylic acids is 1. The Morgan fingerprint density at radius 1 is 1.19 bits per heavy atom. The second kappa shape index (κ2) is 5.16. The van der Waals surface area contributed by atoms with Gasteiger partial charge >= 0.3 is 0 Å². The van der Waals surface area contributed by atoms with E-state index in [1.54, 1.807) is 12.1 Å². The summed E-state index contributed by atoms with van der Waals surface area (Å²) in [5.74, 6) is -1.10. The van der Waals surface area contributed by atoms with Gasteiger partial charge in [0.1, 0.15) is 11.4 Å². The lowest BCUT2D eigenvalue weighted by molar-refractivity contribution is 0.102. The van der Waals surface area contributed by atoms with Gasteiger partial charge in [-0.2, -0.15) is 0 Å². The average Bonchev–Trinajstić information content (AvgIpc) is 2.49. The van der Waals surface area contributed by atoms with E-state index in [1.165, 1.54) is 36.8 Å². The van der Waals surface area contributed by atoms with Gasteiger partial charge in [-0.25, -0.2) is 4.39 Å². The molecule has 0 saturated carbocycles. The van der Waals surface area contributed by atoms with Crippen LogP contribution in [0.25, 0.3) is 10.9 Å². The summed E-state index contributed by atoms with van der Waals surface area (Å²) in [7, 11) is 0. The van der Waals surface area contributed by atoms with Crippen molar-refractivity contribution in [3.8, 4) is 0 Å². The van der Waals surface area contributed by atoms with Crippen LogP contribution in [0.15, 0.2) is 53.7 Å². The number of pyridine rings is 2. The van der Waals surface area contributed by atoms with Crippen LogP contribution in [0.5, 0.6) is 0 Å². The molecule has 104 valence electrons. The van der Waals surface area contributed by atoms with E-state index in [1.807, 2.05) is 0 Å². The molecule has 1 aromatic carbocycles. The average molecular weight is 283 g/mol. The van der Waals surface area contributed by atoms with Crippen LogP contribution in [0, 0.1) is 5.82 Å². The van der Waals surface area contributed by atoms with Crippen LogP contribution in [0.1, 0.15) is 10.4 Å². The summed E-state index contributed by atoms with van der Waals surface area (Å²) in [4.78, 5) is 30.9. The van der Waals surface area contributed by atoms with Gasteiger partial charge in [0.2, 0.25) is 5.43 Å². The number of aromatic nitrogens is 2. The van der Waals surface area contributed by atoms with Crippen LogP contribution in [-0.2, 0) is 0 Å². The highest BCUT2D eigenvalue weighted by atomic mass is 19.1. The van der Waals surface area contributed by atoms with Crippen LogP contribution in [0.4, 0.5) is 10.1 Å². The number of halogens is 1. The molecule has 0 atom stereocenters. The van der Waals surface area contributed by atoms with Gasteiger partial charge in [0, 0.05) is 29.7 Å². The molecule has 0 aliphatic heterocycles.